The van der Waals surface area contributed by atoms with E-state index in [0.717, 1.165) is 6.42 Å². The zero-order valence-electron chi connectivity index (χ0n) is 11.1. The summed E-state index contributed by atoms with van der Waals surface area (Å²) in [5, 5.41) is 10.0. The van der Waals surface area contributed by atoms with Crippen LogP contribution < -0.4 is 0 Å². The van der Waals surface area contributed by atoms with Crippen LogP contribution in [0.4, 0.5) is 0 Å². The topological polar surface area (TPSA) is 72.8 Å². The van der Waals surface area contributed by atoms with E-state index >= 15 is 0 Å². The molecule has 0 saturated carbocycles. The highest BCUT2D eigenvalue weighted by atomic mass is 32.2. The molecule has 19 heavy (non-hydrogen) atoms. The normalized spacial score (nSPS) is 42.4. The summed E-state index contributed by atoms with van der Waals surface area (Å²) in [7, 11) is -3.00. The van der Waals surface area contributed by atoms with Gasteiger partial charge >= 0.3 is 0 Å². The van der Waals surface area contributed by atoms with Gasteiger partial charge in [0.1, 0.15) is 0 Å². The molecule has 0 spiro atoms. The van der Waals surface area contributed by atoms with E-state index in [-0.39, 0.29) is 16.8 Å². The minimum absolute atomic E-state index is 0.220. The van der Waals surface area contributed by atoms with E-state index in [4.69, 9.17) is 9.47 Å². The molecule has 3 heterocycles. The summed E-state index contributed by atoms with van der Waals surface area (Å²) >= 11 is 0. The minimum Gasteiger partial charge on any atom is -0.390 e. The molecule has 0 radical (unpaired) electrons. The molecule has 110 valence electrons. The van der Waals surface area contributed by atoms with Crippen LogP contribution in [0.25, 0.3) is 0 Å². The molecular weight excluding hydrogens is 268 g/mol. The number of fused-ring (bicyclic) bond motifs is 2. The van der Waals surface area contributed by atoms with Gasteiger partial charge in [-0.1, -0.05) is 6.42 Å². The Bertz CT molecular complexity index is 406. The molecule has 2 bridgehead atoms. The second-order valence-electron chi connectivity index (χ2n) is 6.11. The summed E-state index contributed by atoms with van der Waals surface area (Å²) in [6.07, 6.45) is 4.16. The van der Waals surface area contributed by atoms with Gasteiger partial charge in [-0.2, -0.15) is 0 Å². The largest absolute Gasteiger partial charge is 0.390 e. The Morgan fingerprint density at radius 3 is 2.26 bits per heavy atom. The average molecular weight is 290 g/mol. The highest BCUT2D eigenvalue weighted by Gasteiger charge is 2.50. The molecule has 2 unspecified atom stereocenters. The predicted octanol–water partition coefficient (Wildman–Crippen LogP) is 1.00. The molecule has 1 N–H and O–H groups in total. The third kappa shape index (κ3) is 2.68. The molecule has 5 nitrogen and oxygen atoms in total. The van der Waals surface area contributed by atoms with Crippen LogP contribution in [0, 0.1) is 0 Å². The van der Waals surface area contributed by atoms with Gasteiger partial charge in [-0.3, -0.25) is 0 Å². The third-order valence-electron chi connectivity index (χ3n) is 4.73. The molecule has 0 amide bonds. The van der Waals surface area contributed by atoms with Gasteiger partial charge < -0.3 is 14.6 Å². The Kier molecular flexibility index (Phi) is 3.62. The Hall–Kier alpha value is -0.170. The highest BCUT2D eigenvalue weighted by Crippen LogP contribution is 2.43. The molecule has 6 heteroatoms. The predicted molar refractivity (Wildman–Crippen MR) is 69.5 cm³/mol. The molecule has 3 rings (SSSR count). The van der Waals surface area contributed by atoms with Crippen molar-refractivity contribution < 1.29 is 23.0 Å². The van der Waals surface area contributed by atoms with Crippen molar-refractivity contribution in [3.05, 3.63) is 0 Å². The Morgan fingerprint density at radius 1 is 1.11 bits per heavy atom. The summed E-state index contributed by atoms with van der Waals surface area (Å²) < 4.78 is 35.1. The maximum atomic E-state index is 12.2. The van der Waals surface area contributed by atoms with E-state index < -0.39 is 15.4 Å². The van der Waals surface area contributed by atoms with Gasteiger partial charge in [0.25, 0.3) is 0 Å². The lowest BCUT2D eigenvalue weighted by Gasteiger charge is -2.44. The standard InChI is InChI=1S/C13H22O5S/c14-13(5-4-12-17-6-7-18-12)8-10-2-1-3-11(9-13)19(10,15)16/h10-12,14H,1-9H2. The van der Waals surface area contributed by atoms with E-state index in [1.54, 1.807) is 0 Å². The molecule has 0 aliphatic carbocycles. The Morgan fingerprint density at radius 2 is 1.68 bits per heavy atom. The zero-order chi connectivity index (χ0) is 13.5. The zero-order valence-corrected chi connectivity index (χ0v) is 11.9. The quantitative estimate of drug-likeness (QED) is 0.839. The fourth-order valence-electron chi connectivity index (χ4n) is 3.71. The van der Waals surface area contributed by atoms with Crippen LogP contribution in [-0.4, -0.2) is 49.1 Å². The molecular formula is C13H22O5S. The molecule has 3 saturated heterocycles. The first-order chi connectivity index (χ1) is 9.00. The summed E-state index contributed by atoms with van der Waals surface area (Å²) in [6.45, 7) is 1.23. The van der Waals surface area contributed by atoms with Crippen LogP contribution >= 0.6 is 0 Å². The van der Waals surface area contributed by atoms with Crippen molar-refractivity contribution in [3.8, 4) is 0 Å². The van der Waals surface area contributed by atoms with E-state index in [0.29, 0.717) is 51.7 Å². The van der Waals surface area contributed by atoms with Gasteiger partial charge in [-0.25, -0.2) is 8.42 Å². The summed E-state index contributed by atoms with van der Waals surface area (Å²) in [4.78, 5) is 0. The second-order valence-corrected chi connectivity index (χ2v) is 8.62. The van der Waals surface area contributed by atoms with E-state index in [1.165, 1.54) is 0 Å². The van der Waals surface area contributed by atoms with Crippen molar-refractivity contribution in [2.45, 2.75) is 67.3 Å². The van der Waals surface area contributed by atoms with Crippen LogP contribution in [0.1, 0.15) is 44.9 Å². The lowest BCUT2D eigenvalue weighted by atomic mass is 9.82. The number of hydrogen-bond acceptors (Lipinski definition) is 5. The third-order valence-corrected chi connectivity index (χ3v) is 7.40. The van der Waals surface area contributed by atoms with Crippen molar-refractivity contribution >= 4 is 9.84 Å². The number of sulfone groups is 1. The molecule has 0 aromatic rings. The van der Waals surface area contributed by atoms with Crippen molar-refractivity contribution in [1.82, 2.24) is 0 Å². The van der Waals surface area contributed by atoms with E-state index in [9.17, 15) is 13.5 Å². The fraction of sp³-hybridized carbons (Fsp3) is 1.00. The molecule has 3 fully saturated rings. The fourth-order valence-corrected chi connectivity index (χ4v) is 6.33. The SMILES string of the molecule is O=S1(=O)C2CCCC1CC(O)(CCC1OCCO1)C2. The number of hydrogen-bond donors (Lipinski definition) is 1. The highest BCUT2D eigenvalue weighted by molar-refractivity contribution is 7.92. The number of aliphatic hydroxyl groups is 1. The van der Waals surface area contributed by atoms with Crippen LogP contribution in [0.3, 0.4) is 0 Å². The van der Waals surface area contributed by atoms with Crippen LogP contribution in [0.5, 0.6) is 0 Å². The van der Waals surface area contributed by atoms with Crippen molar-refractivity contribution in [1.29, 1.82) is 0 Å². The molecule has 3 aliphatic heterocycles. The smallest absolute Gasteiger partial charge is 0.157 e. The summed E-state index contributed by atoms with van der Waals surface area (Å²) in [6, 6.07) is 0. The monoisotopic (exact) mass is 290 g/mol. The molecule has 2 atom stereocenters. The van der Waals surface area contributed by atoms with Crippen molar-refractivity contribution in [2.24, 2.45) is 0 Å². The minimum atomic E-state index is -3.00. The van der Waals surface area contributed by atoms with Gasteiger partial charge in [0, 0.05) is 6.42 Å². The van der Waals surface area contributed by atoms with Crippen LogP contribution in [-0.2, 0) is 19.3 Å². The van der Waals surface area contributed by atoms with Crippen molar-refractivity contribution in [3.63, 3.8) is 0 Å². The van der Waals surface area contributed by atoms with E-state index in [2.05, 4.69) is 0 Å². The van der Waals surface area contributed by atoms with Gasteiger partial charge in [0.2, 0.25) is 0 Å². The van der Waals surface area contributed by atoms with E-state index in [1.807, 2.05) is 0 Å². The van der Waals surface area contributed by atoms with Gasteiger partial charge in [-0.15, -0.1) is 0 Å². The Balaban J connectivity index is 1.65. The summed E-state index contributed by atoms with van der Waals surface area (Å²) in [5.74, 6) is 0. The van der Waals surface area contributed by atoms with Crippen LogP contribution in [0.15, 0.2) is 0 Å². The summed E-state index contributed by atoms with van der Waals surface area (Å²) in [5.41, 5.74) is -0.851. The second kappa shape index (κ2) is 4.98. The maximum Gasteiger partial charge on any atom is 0.157 e. The molecule has 3 aliphatic rings. The molecule has 0 aromatic heterocycles. The number of ether oxygens (including phenoxy) is 2. The number of rotatable bonds is 3. The van der Waals surface area contributed by atoms with Gasteiger partial charge in [0.15, 0.2) is 16.1 Å². The van der Waals surface area contributed by atoms with Gasteiger partial charge in [-0.05, 0) is 32.1 Å². The lowest BCUT2D eigenvalue weighted by molar-refractivity contribution is -0.0730. The first kappa shape index (κ1) is 13.8. The first-order valence-electron chi connectivity index (χ1n) is 7.18. The Labute approximate surface area is 114 Å². The first-order valence-corrected chi connectivity index (χ1v) is 8.79. The van der Waals surface area contributed by atoms with Gasteiger partial charge in [0.05, 0.1) is 29.3 Å². The lowest BCUT2D eigenvalue weighted by Crippen LogP contribution is -2.51. The maximum absolute atomic E-state index is 12.2. The van der Waals surface area contributed by atoms with Crippen molar-refractivity contribution in [2.75, 3.05) is 13.2 Å². The van der Waals surface area contributed by atoms with Crippen LogP contribution in [0.2, 0.25) is 0 Å². The average Bonchev–Trinajstić information content (AvgIpc) is 2.82. The molecule has 0 aromatic carbocycles.